The van der Waals surface area contributed by atoms with Crippen molar-refractivity contribution >= 4 is 11.8 Å². The van der Waals surface area contributed by atoms with E-state index in [0.29, 0.717) is 0 Å². The summed E-state index contributed by atoms with van der Waals surface area (Å²) in [5, 5.41) is 5.11. The second-order valence-corrected chi connectivity index (χ2v) is 5.02. The topological polar surface area (TPSA) is 12.0 Å². The van der Waals surface area contributed by atoms with E-state index < -0.39 is 0 Å². The molecule has 0 saturated carbocycles. The molecule has 0 aromatic rings. The Morgan fingerprint density at radius 1 is 1.30 bits per heavy atom. The lowest BCUT2D eigenvalue weighted by molar-refractivity contribution is 0.531. The van der Waals surface area contributed by atoms with Gasteiger partial charge in [-0.15, -0.1) is 0 Å². The molecule has 1 rings (SSSR count). The fourth-order valence-corrected chi connectivity index (χ4v) is 2.59. The van der Waals surface area contributed by atoms with Crippen molar-refractivity contribution in [3.8, 4) is 0 Å². The fourth-order valence-electron chi connectivity index (χ4n) is 1.32. The average molecular weight is 159 g/mol. The van der Waals surface area contributed by atoms with Crippen molar-refractivity contribution in [1.29, 1.82) is 0 Å². The minimum absolute atomic E-state index is 0.808. The highest BCUT2D eigenvalue weighted by Gasteiger charge is 2.13. The standard InChI is InChI=1S/C8H17NS/c1-7(2)10-8-3-5-9-6-4-8/h7-9H,3-6H2,1-2H3. The van der Waals surface area contributed by atoms with Gasteiger partial charge in [-0.25, -0.2) is 0 Å². The molecule has 0 radical (unpaired) electrons. The van der Waals surface area contributed by atoms with Crippen molar-refractivity contribution in [2.75, 3.05) is 13.1 Å². The molecule has 1 saturated heterocycles. The first-order valence-electron chi connectivity index (χ1n) is 4.15. The van der Waals surface area contributed by atoms with Crippen LogP contribution in [0, 0.1) is 0 Å². The third kappa shape index (κ3) is 2.93. The van der Waals surface area contributed by atoms with Gasteiger partial charge in [-0.05, 0) is 31.2 Å². The highest BCUT2D eigenvalue weighted by Crippen LogP contribution is 2.23. The zero-order valence-corrected chi connectivity index (χ0v) is 7.71. The molecule has 10 heavy (non-hydrogen) atoms. The lowest BCUT2D eigenvalue weighted by Gasteiger charge is -2.23. The van der Waals surface area contributed by atoms with Gasteiger partial charge in [0.15, 0.2) is 0 Å². The van der Waals surface area contributed by atoms with Gasteiger partial charge in [-0.2, -0.15) is 11.8 Å². The molecule has 1 aliphatic rings. The summed E-state index contributed by atoms with van der Waals surface area (Å²) in [6.07, 6.45) is 2.73. The van der Waals surface area contributed by atoms with Gasteiger partial charge < -0.3 is 5.32 Å². The molecule has 60 valence electrons. The van der Waals surface area contributed by atoms with Crippen LogP contribution in [0.25, 0.3) is 0 Å². The Morgan fingerprint density at radius 2 is 1.90 bits per heavy atom. The molecular formula is C8H17NS. The maximum Gasteiger partial charge on any atom is 0.00737 e. The molecule has 0 spiro atoms. The average Bonchev–Trinajstić information content (AvgIpc) is 1.88. The van der Waals surface area contributed by atoms with Crippen LogP contribution < -0.4 is 5.32 Å². The Morgan fingerprint density at radius 3 is 2.40 bits per heavy atom. The molecule has 0 aromatic carbocycles. The smallest absolute Gasteiger partial charge is 0.00737 e. The maximum atomic E-state index is 3.37. The van der Waals surface area contributed by atoms with Gasteiger partial charge in [0, 0.05) is 5.25 Å². The molecule has 1 heterocycles. The largest absolute Gasteiger partial charge is 0.317 e. The zero-order chi connectivity index (χ0) is 7.40. The number of hydrogen-bond donors (Lipinski definition) is 1. The number of piperidine rings is 1. The summed E-state index contributed by atoms with van der Waals surface area (Å²) in [6.45, 7) is 7.02. The molecule has 0 atom stereocenters. The minimum atomic E-state index is 0.808. The van der Waals surface area contributed by atoms with Crippen LogP contribution in [0.1, 0.15) is 26.7 Å². The highest BCUT2D eigenvalue weighted by molar-refractivity contribution is 8.00. The first kappa shape index (κ1) is 8.41. The van der Waals surface area contributed by atoms with Crippen molar-refractivity contribution in [2.45, 2.75) is 37.2 Å². The monoisotopic (exact) mass is 159 g/mol. The van der Waals surface area contributed by atoms with Crippen LogP contribution in [0.5, 0.6) is 0 Å². The van der Waals surface area contributed by atoms with Crippen LogP contribution in [0.3, 0.4) is 0 Å². The van der Waals surface area contributed by atoms with E-state index in [1.807, 2.05) is 0 Å². The van der Waals surface area contributed by atoms with Crippen LogP contribution in [-0.4, -0.2) is 23.6 Å². The Balaban J connectivity index is 2.13. The van der Waals surface area contributed by atoms with E-state index in [2.05, 4.69) is 30.9 Å². The number of hydrogen-bond acceptors (Lipinski definition) is 2. The van der Waals surface area contributed by atoms with Gasteiger partial charge in [0.05, 0.1) is 0 Å². The van der Waals surface area contributed by atoms with Gasteiger partial charge in [-0.1, -0.05) is 13.8 Å². The normalized spacial score (nSPS) is 21.9. The molecule has 0 amide bonds. The summed E-state index contributed by atoms with van der Waals surface area (Å²) in [5.41, 5.74) is 0. The van der Waals surface area contributed by atoms with Crippen molar-refractivity contribution in [3.05, 3.63) is 0 Å². The summed E-state index contributed by atoms with van der Waals surface area (Å²) in [5.74, 6) is 0. The summed E-state index contributed by atoms with van der Waals surface area (Å²) in [6, 6.07) is 0. The molecule has 0 bridgehead atoms. The quantitative estimate of drug-likeness (QED) is 0.660. The van der Waals surface area contributed by atoms with E-state index in [0.717, 1.165) is 10.5 Å². The predicted octanol–water partition coefficient (Wildman–Crippen LogP) is 1.88. The van der Waals surface area contributed by atoms with E-state index in [4.69, 9.17) is 0 Å². The first-order valence-corrected chi connectivity index (χ1v) is 5.09. The van der Waals surface area contributed by atoms with E-state index in [9.17, 15) is 0 Å². The third-order valence-electron chi connectivity index (χ3n) is 1.75. The molecule has 1 aliphatic heterocycles. The lowest BCUT2D eigenvalue weighted by atomic mass is 10.2. The van der Waals surface area contributed by atoms with Gasteiger partial charge in [0.2, 0.25) is 0 Å². The van der Waals surface area contributed by atoms with Crippen molar-refractivity contribution in [2.24, 2.45) is 0 Å². The van der Waals surface area contributed by atoms with Crippen molar-refractivity contribution < 1.29 is 0 Å². The van der Waals surface area contributed by atoms with Crippen molar-refractivity contribution in [3.63, 3.8) is 0 Å². The minimum Gasteiger partial charge on any atom is -0.317 e. The molecular weight excluding hydrogens is 142 g/mol. The van der Waals surface area contributed by atoms with Crippen LogP contribution in [-0.2, 0) is 0 Å². The number of rotatable bonds is 2. The zero-order valence-electron chi connectivity index (χ0n) is 6.89. The Labute approximate surface area is 68.0 Å². The maximum absolute atomic E-state index is 3.37. The van der Waals surface area contributed by atoms with Crippen LogP contribution in [0.4, 0.5) is 0 Å². The van der Waals surface area contributed by atoms with Crippen LogP contribution in [0.2, 0.25) is 0 Å². The predicted molar refractivity (Wildman–Crippen MR) is 48.6 cm³/mol. The van der Waals surface area contributed by atoms with Gasteiger partial charge in [-0.3, -0.25) is 0 Å². The Hall–Kier alpha value is 0.310. The highest BCUT2D eigenvalue weighted by atomic mass is 32.2. The second-order valence-electron chi connectivity index (χ2n) is 3.13. The summed E-state index contributed by atoms with van der Waals surface area (Å²) in [4.78, 5) is 0. The number of nitrogens with one attached hydrogen (secondary N) is 1. The molecule has 0 aliphatic carbocycles. The first-order chi connectivity index (χ1) is 4.79. The molecule has 1 N–H and O–H groups in total. The van der Waals surface area contributed by atoms with Crippen LogP contribution in [0.15, 0.2) is 0 Å². The van der Waals surface area contributed by atoms with Crippen molar-refractivity contribution in [1.82, 2.24) is 5.32 Å². The van der Waals surface area contributed by atoms with E-state index in [1.165, 1.54) is 25.9 Å². The summed E-state index contributed by atoms with van der Waals surface area (Å²) in [7, 11) is 0. The van der Waals surface area contributed by atoms with E-state index >= 15 is 0 Å². The molecule has 1 nitrogen and oxygen atoms in total. The molecule has 0 aromatic heterocycles. The van der Waals surface area contributed by atoms with E-state index in [1.54, 1.807) is 0 Å². The van der Waals surface area contributed by atoms with Gasteiger partial charge in [0.25, 0.3) is 0 Å². The second kappa shape index (κ2) is 4.24. The summed E-state index contributed by atoms with van der Waals surface area (Å²) >= 11 is 2.14. The Bertz CT molecular complexity index is 87.3. The molecule has 2 heteroatoms. The molecule has 0 unspecified atom stereocenters. The number of thioether (sulfide) groups is 1. The van der Waals surface area contributed by atoms with Gasteiger partial charge >= 0.3 is 0 Å². The molecule has 1 fully saturated rings. The SMILES string of the molecule is CC(C)SC1CCNCC1. The lowest BCUT2D eigenvalue weighted by Crippen LogP contribution is -2.29. The van der Waals surface area contributed by atoms with Crippen LogP contribution >= 0.6 is 11.8 Å². The Kier molecular flexibility index (Phi) is 3.57. The van der Waals surface area contributed by atoms with E-state index in [-0.39, 0.29) is 0 Å². The summed E-state index contributed by atoms with van der Waals surface area (Å²) < 4.78 is 0. The van der Waals surface area contributed by atoms with Gasteiger partial charge in [0.1, 0.15) is 0 Å². The fraction of sp³-hybridized carbons (Fsp3) is 1.00. The third-order valence-corrected chi connectivity index (χ3v) is 3.15.